The molecule has 2 aromatic rings. The summed E-state index contributed by atoms with van der Waals surface area (Å²) >= 11 is 0. The second-order valence-electron chi connectivity index (χ2n) is 4.98. The highest BCUT2D eigenvalue weighted by Crippen LogP contribution is 2.23. The van der Waals surface area contributed by atoms with E-state index in [1.54, 1.807) is 12.1 Å². The summed E-state index contributed by atoms with van der Waals surface area (Å²) in [6, 6.07) is 4.71. The minimum absolute atomic E-state index is 0.0225. The van der Waals surface area contributed by atoms with Crippen molar-refractivity contribution in [1.29, 1.82) is 0 Å². The van der Waals surface area contributed by atoms with Crippen molar-refractivity contribution < 1.29 is 14.5 Å². The number of Topliss-reactive ketones (excluding diaryl/α,β-unsaturated/α-hetero) is 1. The zero-order valence-electron chi connectivity index (χ0n) is 13.0. The molecule has 7 heteroatoms. The molecule has 0 bridgehead atoms. The minimum atomic E-state index is -0.643. The molecule has 0 aromatic carbocycles. The lowest BCUT2D eigenvalue weighted by atomic mass is 10.1. The standard InChI is InChI=1S/C16H17N3O4/c1-4-8-18-11(2)9-13(12(18)3)14(20)10-23-15-6-5-7-17-16(15)19(21)22/h4-7,9H,1,8,10H2,2-3H3. The van der Waals surface area contributed by atoms with Crippen LogP contribution in [0.4, 0.5) is 5.82 Å². The first-order chi connectivity index (χ1) is 11.0. The maximum absolute atomic E-state index is 12.3. The topological polar surface area (TPSA) is 87.3 Å². The molecule has 0 fully saturated rings. The van der Waals surface area contributed by atoms with Gasteiger partial charge < -0.3 is 19.4 Å². The van der Waals surface area contributed by atoms with Crippen LogP contribution in [0.3, 0.4) is 0 Å². The number of ketones is 1. The van der Waals surface area contributed by atoms with Crippen molar-refractivity contribution in [2.75, 3.05) is 6.61 Å². The Labute approximate surface area is 133 Å². The summed E-state index contributed by atoms with van der Waals surface area (Å²) in [4.78, 5) is 26.2. The van der Waals surface area contributed by atoms with Crippen LogP contribution in [0, 0.1) is 24.0 Å². The summed E-state index contributed by atoms with van der Waals surface area (Å²) in [6.45, 7) is 7.76. The van der Waals surface area contributed by atoms with Crippen molar-refractivity contribution in [3.05, 3.63) is 64.1 Å². The van der Waals surface area contributed by atoms with E-state index in [1.807, 2.05) is 18.4 Å². The number of carbonyl (C=O) groups excluding carboxylic acids is 1. The van der Waals surface area contributed by atoms with E-state index >= 15 is 0 Å². The van der Waals surface area contributed by atoms with Crippen molar-refractivity contribution >= 4 is 11.6 Å². The number of nitro groups is 1. The summed E-state index contributed by atoms with van der Waals surface area (Å²) in [5.74, 6) is -0.672. The van der Waals surface area contributed by atoms with Gasteiger partial charge in [-0.05, 0) is 42.0 Å². The molecule has 7 nitrogen and oxygen atoms in total. The normalized spacial score (nSPS) is 10.3. The molecule has 0 atom stereocenters. The molecule has 0 saturated heterocycles. The molecule has 23 heavy (non-hydrogen) atoms. The van der Waals surface area contributed by atoms with Gasteiger partial charge in [0.2, 0.25) is 11.5 Å². The van der Waals surface area contributed by atoms with Gasteiger partial charge in [-0.25, -0.2) is 0 Å². The summed E-state index contributed by atoms with van der Waals surface area (Å²) < 4.78 is 7.26. The predicted molar refractivity (Wildman–Crippen MR) is 84.8 cm³/mol. The molecule has 0 aliphatic rings. The van der Waals surface area contributed by atoms with E-state index < -0.39 is 10.7 Å². The van der Waals surface area contributed by atoms with Gasteiger partial charge >= 0.3 is 5.82 Å². The molecule has 0 aliphatic carbocycles. The van der Waals surface area contributed by atoms with Gasteiger partial charge in [-0.15, -0.1) is 6.58 Å². The minimum Gasteiger partial charge on any atom is -0.477 e. The second-order valence-corrected chi connectivity index (χ2v) is 4.98. The smallest absolute Gasteiger partial charge is 0.406 e. The Morgan fingerprint density at radius 1 is 1.52 bits per heavy atom. The Kier molecular flexibility index (Phi) is 4.90. The predicted octanol–water partition coefficient (Wildman–Crippen LogP) is 2.86. The van der Waals surface area contributed by atoms with Crippen LogP contribution in [0.5, 0.6) is 5.75 Å². The molecule has 0 radical (unpaired) electrons. The molecular weight excluding hydrogens is 298 g/mol. The molecule has 2 rings (SSSR count). The molecule has 0 aliphatic heterocycles. The first-order valence-electron chi connectivity index (χ1n) is 6.98. The Hall–Kier alpha value is -2.96. The van der Waals surface area contributed by atoms with Gasteiger partial charge in [0.1, 0.15) is 6.20 Å². The average molecular weight is 315 g/mol. The molecule has 2 heterocycles. The zero-order valence-corrected chi connectivity index (χ0v) is 13.0. The van der Waals surface area contributed by atoms with Gasteiger partial charge in [-0.1, -0.05) is 6.08 Å². The SMILES string of the molecule is C=CCn1c(C)cc(C(=O)COc2cccnc2[N+](=O)[O-])c1C. The number of hydrogen-bond donors (Lipinski definition) is 0. The summed E-state index contributed by atoms with van der Waals surface area (Å²) in [5.41, 5.74) is 2.30. The largest absolute Gasteiger partial charge is 0.477 e. The number of hydrogen-bond acceptors (Lipinski definition) is 5. The van der Waals surface area contributed by atoms with Crippen LogP contribution in [0.2, 0.25) is 0 Å². The molecule has 0 spiro atoms. The van der Waals surface area contributed by atoms with Gasteiger partial charge in [0, 0.05) is 23.5 Å². The van der Waals surface area contributed by atoms with Crippen molar-refractivity contribution in [2.45, 2.75) is 20.4 Å². The van der Waals surface area contributed by atoms with Crippen LogP contribution >= 0.6 is 0 Å². The average Bonchev–Trinajstić information content (AvgIpc) is 2.81. The van der Waals surface area contributed by atoms with Gasteiger partial charge in [0.15, 0.2) is 6.61 Å². The van der Waals surface area contributed by atoms with Gasteiger partial charge in [0.25, 0.3) is 0 Å². The third kappa shape index (κ3) is 3.45. The fraction of sp³-hybridized carbons (Fsp3) is 0.250. The van der Waals surface area contributed by atoms with Crippen molar-refractivity contribution in [1.82, 2.24) is 9.55 Å². The summed E-state index contributed by atoms with van der Waals surface area (Å²) in [5, 5.41) is 10.9. The third-order valence-corrected chi connectivity index (χ3v) is 3.47. The lowest BCUT2D eigenvalue weighted by Crippen LogP contribution is -2.13. The van der Waals surface area contributed by atoms with Crippen LogP contribution in [0.15, 0.2) is 37.1 Å². The Morgan fingerprint density at radius 3 is 2.91 bits per heavy atom. The maximum atomic E-state index is 12.3. The number of carbonyl (C=O) groups is 1. The highest BCUT2D eigenvalue weighted by Gasteiger charge is 2.19. The Morgan fingerprint density at radius 2 is 2.26 bits per heavy atom. The van der Waals surface area contributed by atoms with E-state index in [0.29, 0.717) is 12.1 Å². The van der Waals surface area contributed by atoms with E-state index in [4.69, 9.17) is 4.74 Å². The third-order valence-electron chi connectivity index (χ3n) is 3.47. The van der Waals surface area contributed by atoms with Crippen LogP contribution in [0.25, 0.3) is 0 Å². The van der Waals surface area contributed by atoms with Crippen LogP contribution in [0.1, 0.15) is 21.7 Å². The summed E-state index contributed by atoms with van der Waals surface area (Å²) in [6.07, 6.45) is 3.06. The summed E-state index contributed by atoms with van der Waals surface area (Å²) in [7, 11) is 0. The fourth-order valence-electron chi connectivity index (χ4n) is 2.35. The number of nitrogens with zero attached hydrogens (tertiary/aromatic N) is 3. The van der Waals surface area contributed by atoms with E-state index in [2.05, 4.69) is 11.6 Å². The first-order valence-corrected chi connectivity index (χ1v) is 6.98. The van der Waals surface area contributed by atoms with Crippen LogP contribution < -0.4 is 4.74 Å². The van der Waals surface area contributed by atoms with E-state index in [1.165, 1.54) is 18.3 Å². The monoisotopic (exact) mass is 315 g/mol. The lowest BCUT2D eigenvalue weighted by Gasteiger charge is -2.07. The van der Waals surface area contributed by atoms with Crippen molar-refractivity contribution in [3.63, 3.8) is 0 Å². The van der Waals surface area contributed by atoms with Crippen LogP contribution in [-0.4, -0.2) is 26.9 Å². The highest BCUT2D eigenvalue weighted by molar-refractivity contribution is 5.98. The molecule has 0 N–H and O–H groups in total. The zero-order chi connectivity index (χ0) is 17.0. The second kappa shape index (κ2) is 6.87. The number of allylic oxidation sites excluding steroid dienone is 1. The number of ether oxygens (including phenoxy) is 1. The van der Waals surface area contributed by atoms with Crippen molar-refractivity contribution in [3.8, 4) is 5.75 Å². The van der Waals surface area contributed by atoms with E-state index in [0.717, 1.165) is 11.4 Å². The Balaban J connectivity index is 2.16. The van der Waals surface area contributed by atoms with Gasteiger partial charge in [0.05, 0.1) is 0 Å². The van der Waals surface area contributed by atoms with Gasteiger partial charge in [-0.2, -0.15) is 0 Å². The first kappa shape index (κ1) is 16.4. The fourth-order valence-corrected chi connectivity index (χ4v) is 2.35. The molecule has 0 amide bonds. The molecule has 0 unspecified atom stereocenters. The quantitative estimate of drug-likeness (QED) is 0.339. The molecule has 0 saturated carbocycles. The molecular formula is C16H17N3O4. The molecule has 120 valence electrons. The molecule has 2 aromatic heterocycles. The Bertz CT molecular complexity index is 765. The number of pyridine rings is 1. The maximum Gasteiger partial charge on any atom is 0.406 e. The number of rotatable bonds is 7. The van der Waals surface area contributed by atoms with E-state index in [9.17, 15) is 14.9 Å². The van der Waals surface area contributed by atoms with Gasteiger partial charge in [-0.3, -0.25) is 4.79 Å². The van der Waals surface area contributed by atoms with E-state index in [-0.39, 0.29) is 18.1 Å². The highest BCUT2D eigenvalue weighted by atomic mass is 16.6. The lowest BCUT2D eigenvalue weighted by molar-refractivity contribution is -0.390. The number of aromatic nitrogens is 2. The van der Waals surface area contributed by atoms with Crippen LogP contribution in [-0.2, 0) is 6.54 Å². The number of aryl methyl sites for hydroxylation is 1. The van der Waals surface area contributed by atoms with Crippen molar-refractivity contribution in [2.24, 2.45) is 0 Å².